The van der Waals surface area contributed by atoms with Crippen LogP contribution >= 0.6 is 0 Å². The van der Waals surface area contributed by atoms with E-state index >= 15 is 0 Å². The number of rotatable bonds is 1. The molecule has 0 atom stereocenters. The van der Waals surface area contributed by atoms with Crippen LogP contribution in [0.3, 0.4) is 0 Å². The van der Waals surface area contributed by atoms with Crippen LogP contribution in [0.5, 0.6) is 0 Å². The molecule has 1 fully saturated rings. The van der Waals surface area contributed by atoms with Gasteiger partial charge in [-0.25, -0.2) is 17.6 Å². The summed E-state index contributed by atoms with van der Waals surface area (Å²) in [5.74, 6) is -8.83. The molecule has 1 aromatic carbocycles. The molecule has 0 saturated carbocycles. The fraction of sp³-hybridized carbons (Fsp3) is 0.455. The first-order valence-corrected chi connectivity index (χ1v) is 5.43. The van der Waals surface area contributed by atoms with Crippen LogP contribution in [0.2, 0.25) is 0 Å². The summed E-state index contributed by atoms with van der Waals surface area (Å²) in [7, 11) is 0. The van der Waals surface area contributed by atoms with Crippen molar-refractivity contribution < 1.29 is 30.7 Å². The number of alkyl halides is 3. The van der Waals surface area contributed by atoms with E-state index in [1.54, 1.807) is 0 Å². The van der Waals surface area contributed by atoms with E-state index in [2.05, 4.69) is 0 Å². The highest BCUT2D eigenvalue weighted by atomic mass is 19.4. The van der Waals surface area contributed by atoms with E-state index in [-0.39, 0.29) is 13.1 Å². The average molecular weight is 287 g/mol. The number of benzene rings is 1. The molecule has 1 nitrogen and oxygen atoms in total. The molecule has 19 heavy (non-hydrogen) atoms. The second-order valence-electron chi connectivity index (χ2n) is 4.17. The molecule has 0 N–H and O–H groups in total. The Labute approximate surface area is 103 Å². The van der Waals surface area contributed by atoms with Gasteiger partial charge in [-0.05, 0) is 12.8 Å². The molecule has 0 aliphatic carbocycles. The summed E-state index contributed by atoms with van der Waals surface area (Å²) in [6, 6.07) is 0. The Balaban J connectivity index is 2.66. The number of nitrogens with zero attached hydrogens (tertiary/aromatic N) is 1. The van der Waals surface area contributed by atoms with Crippen LogP contribution in [0, 0.1) is 23.3 Å². The smallest absolute Gasteiger partial charge is 0.367 e. The highest BCUT2D eigenvalue weighted by molar-refractivity contribution is 5.53. The fourth-order valence-electron chi connectivity index (χ4n) is 2.09. The van der Waals surface area contributed by atoms with Gasteiger partial charge < -0.3 is 4.90 Å². The highest BCUT2D eigenvalue weighted by Crippen LogP contribution is 2.40. The first-order valence-electron chi connectivity index (χ1n) is 5.43. The Morgan fingerprint density at radius 3 is 1.53 bits per heavy atom. The standard InChI is InChI=1S/C11H8F7N/c12-6-5(11(16,17)18)7(13)9(15)10(8(6)14)19-3-1-2-4-19/h1-4H2. The summed E-state index contributed by atoms with van der Waals surface area (Å²) in [6.07, 6.45) is -4.41. The van der Waals surface area contributed by atoms with Gasteiger partial charge >= 0.3 is 6.18 Å². The highest BCUT2D eigenvalue weighted by Gasteiger charge is 2.43. The van der Waals surface area contributed by atoms with Crippen molar-refractivity contribution in [1.29, 1.82) is 0 Å². The van der Waals surface area contributed by atoms with Crippen molar-refractivity contribution in [2.24, 2.45) is 0 Å². The Morgan fingerprint density at radius 2 is 1.16 bits per heavy atom. The third-order valence-corrected chi connectivity index (χ3v) is 2.95. The Bertz CT molecular complexity index is 474. The van der Waals surface area contributed by atoms with E-state index < -0.39 is 40.7 Å². The Hall–Kier alpha value is -1.47. The Kier molecular flexibility index (Phi) is 3.36. The van der Waals surface area contributed by atoms with Crippen molar-refractivity contribution >= 4 is 5.69 Å². The quantitative estimate of drug-likeness (QED) is 0.560. The van der Waals surface area contributed by atoms with Crippen molar-refractivity contribution in [1.82, 2.24) is 0 Å². The largest absolute Gasteiger partial charge is 0.422 e. The van der Waals surface area contributed by atoms with Crippen LogP contribution < -0.4 is 4.90 Å². The van der Waals surface area contributed by atoms with E-state index in [0.717, 1.165) is 4.90 Å². The first kappa shape index (κ1) is 14.0. The monoisotopic (exact) mass is 287 g/mol. The van der Waals surface area contributed by atoms with Crippen molar-refractivity contribution in [3.05, 3.63) is 28.8 Å². The van der Waals surface area contributed by atoms with Gasteiger partial charge in [0, 0.05) is 13.1 Å². The molecule has 1 aliphatic heterocycles. The number of anilines is 1. The van der Waals surface area contributed by atoms with Crippen LogP contribution in [0.15, 0.2) is 0 Å². The maximum Gasteiger partial charge on any atom is 0.422 e. The van der Waals surface area contributed by atoms with Gasteiger partial charge in [-0.3, -0.25) is 0 Å². The minimum atomic E-state index is -5.50. The van der Waals surface area contributed by atoms with E-state index in [4.69, 9.17) is 0 Å². The summed E-state index contributed by atoms with van der Waals surface area (Å²) in [6.45, 7) is 0.274. The van der Waals surface area contributed by atoms with Gasteiger partial charge in [0.2, 0.25) is 0 Å². The van der Waals surface area contributed by atoms with E-state index in [9.17, 15) is 30.7 Å². The molecule has 0 bridgehead atoms. The second kappa shape index (κ2) is 4.57. The molecule has 0 aromatic heterocycles. The summed E-state index contributed by atoms with van der Waals surface area (Å²) in [5, 5.41) is 0. The zero-order valence-corrected chi connectivity index (χ0v) is 9.42. The molecule has 8 heteroatoms. The second-order valence-corrected chi connectivity index (χ2v) is 4.17. The van der Waals surface area contributed by atoms with Gasteiger partial charge in [0.05, 0.1) is 0 Å². The normalized spacial score (nSPS) is 16.3. The van der Waals surface area contributed by atoms with E-state index in [1.807, 2.05) is 0 Å². The molecule has 106 valence electrons. The molecule has 0 unspecified atom stereocenters. The molecule has 1 saturated heterocycles. The topological polar surface area (TPSA) is 3.24 Å². The minimum absolute atomic E-state index is 0.137. The van der Waals surface area contributed by atoms with Gasteiger partial charge in [0.15, 0.2) is 23.3 Å². The zero-order valence-electron chi connectivity index (χ0n) is 9.42. The van der Waals surface area contributed by atoms with E-state index in [0.29, 0.717) is 12.8 Å². The van der Waals surface area contributed by atoms with E-state index in [1.165, 1.54) is 0 Å². The SMILES string of the molecule is Fc1c(F)c(C(F)(F)F)c(F)c(F)c1N1CCCC1. The van der Waals surface area contributed by atoms with Gasteiger partial charge in [-0.15, -0.1) is 0 Å². The minimum Gasteiger partial charge on any atom is -0.367 e. The third kappa shape index (κ3) is 2.23. The molecular formula is C11H8F7N. The van der Waals surface area contributed by atoms with Crippen molar-refractivity contribution in [2.75, 3.05) is 18.0 Å². The molecule has 0 spiro atoms. The summed E-state index contributed by atoms with van der Waals surface area (Å²) in [4.78, 5) is 0.997. The number of hydrogen-bond donors (Lipinski definition) is 0. The summed E-state index contributed by atoms with van der Waals surface area (Å²) >= 11 is 0. The van der Waals surface area contributed by atoms with Crippen LogP contribution in [-0.4, -0.2) is 13.1 Å². The molecule has 0 radical (unpaired) electrons. The molecule has 1 aliphatic rings. The molecule has 1 heterocycles. The zero-order chi connectivity index (χ0) is 14.4. The molecule has 0 amide bonds. The lowest BCUT2D eigenvalue weighted by atomic mass is 10.1. The fourth-order valence-corrected chi connectivity index (χ4v) is 2.09. The van der Waals surface area contributed by atoms with Crippen LogP contribution in [0.1, 0.15) is 18.4 Å². The maximum atomic E-state index is 13.6. The average Bonchev–Trinajstić information content (AvgIpc) is 2.79. The summed E-state index contributed by atoms with van der Waals surface area (Å²) < 4.78 is 90.8. The number of hydrogen-bond acceptors (Lipinski definition) is 1. The van der Waals surface area contributed by atoms with Gasteiger partial charge in [-0.1, -0.05) is 0 Å². The third-order valence-electron chi connectivity index (χ3n) is 2.95. The van der Waals surface area contributed by atoms with Crippen molar-refractivity contribution in [3.63, 3.8) is 0 Å². The van der Waals surface area contributed by atoms with Crippen LogP contribution in [0.25, 0.3) is 0 Å². The van der Waals surface area contributed by atoms with Crippen molar-refractivity contribution in [3.8, 4) is 0 Å². The maximum absolute atomic E-state index is 13.6. The Morgan fingerprint density at radius 1 is 0.737 bits per heavy atom. The molecular weight excluding hydrogens is 279 g/mol. The predicted octanol–water partition coefficient (Wildman–Crippen LogP) is 3.86. The molecule has 2 rings (SSSR count). The molecule has 1 aromatic rings. The van der Waals surface area contributed by atoms with Gasteiger partial charge in [0.25, 0.3) is 0 Å². The van der Waals surface area contributed by atoms with Gasteiger partial charge in [-0.2, -0.15) is 13.2 Å². The summed E-state index contributed by atoms with van der Waals surface area (Å²) in [5.41, 5.74) is -3.61. The van der Waals surface area contributed by atoms with Crippen LogP contribution in [-0.2, 0) is 6.18 Å². The van der Waals surface area contributed by atoms with Crippen LogP contribution in [0.4, 0.5) is 36.4 Å². The van der Waals surface area contributed by atoms with Crippen molar-refractivity contribution in [2.45, 2.75) is 19.0 Å². The lowest BCUT2D eigenvalue weighted by Gasteiger charge is -2.21. The number of halogens is 7. The predicted molar refractivity (Wildman–Crippen MR) is 52.7 cm³/mol. The van der Waals surface area contributed by atoms with Gasteiger partial charge in [0.1, 0.15) is 11.3 Å². The first-order chi connectivity index (χ1) is 8.75. The lowest BCUT2D eigenvalue weighted by molar-refractivity contribution is -0.143. The lowest BCUT2D eigenvalue weighted by Crippen LogP contribution is -2.24.